The van der Waals surface area contributed by atoms with Gasteiger partial charge in [0, 0.05) is 11.7 Å². The number of methoxy groups -OCH3 is 1. The minimum atomic E-state index is -0.542. The Morgan fingerprint density at radius 3 is 2.86 bits per heavy atom. The number of hydrogen-bond donors (Lipinski definition) is 1. The molecule has 1 saturated carbocycles. The average Bonchev–Trinajstić information content (AvgIpc) is 3.23. The van der Waals surface area contributed by atoms with E-state index in [1.165, 1.54) is 7.11 Å². The molecular weight excluding hydrogens is 266 g/mol. The van der Waals surface area contributed by atoms with E-state index in [2.05, 4.69) is 14.9 Å². The van der Waals surface area contributed by atoms with Crippen LogP contribution in [-0.2, 0) is 9.53 Å². The van der Waals surface area contributed by atoms with Crippen molar-refractivity contribution in [2.45, 2.75) is 31.8 Å². The molecule has 21 heavy (non-hydrogen) atoms. The molecule has 1 aliphatic carbocycles. The van der Waals surface area contributed by atoms with Crippen LogP contribution in [0, 0.1) is 6.92 Å². The normalized spacial score (nSPS) is 15.5. The molecule has 3 rings (SSSR count). The van der Waals surface area contributed by atoms with Gasteiger partial charge in [-0.05, 0) is 31.4 Å². The summed E-state index contributed by atoms with van der Waals surface area (Å²) in [5, 5.41) is 3.29. The van der Waals surface area contributed by atoms with E-state index in [9.17, 15) is 4.79 Å². The summed E-state index contributed by atoms with van der Waals surface area (Å²) in [6, 6.07) is 7.81. The second kappa shape index (κ2) is 5.60. The molecular formula is C16H19N3O2. The maximum atomic E-state index is 12.2. The molecule has 5 nitrogen and oxygen atoms in total. The number of anilines is 1. The molecule has 2 aromatic rings. The SMILES string of the molecule is COC(=O)C(Nc1ccccc1C)c1cncn1C1CC1. The number of aromatic nitrogens is 2. The molecule has 0 bridgehead atoms. The number of carbonyl (C=O) groups is 1. The van der Waals surface area contributed by atoms with E-state index in [1.807, 2.05) is 31.2 Å². The Morgan fingerprint density at radius 1 is 1.43 bits per heavy atom. The lowest BCUT2D eigenvalue weighted by atomic mass is 10.1. The summed E-state index contributed by atoms with van der Waals surface area (Å²) in [6.45, 7) is 2.01. The highest BCUT2D eigenvalue weighted by Crippen LogP contribution is 2.37. The lowest BCUT2D eigenvalue weighted by Gasteiger charge is -2.20. The third kappa shape index (κ3) is 2.77. The Bertz CT molecular complexity index is 646. The first-order chi connectivity index (χ1) is 10.2. The largest absolute Gasteiger partial charge is 0.467 e. The summed E-state index contributed by atoms with van der Waals surface area (Å²) in [5.74, 6) is -0.305. The van der Waals surface area contributed by atoms with Gasteiger partial charge in [0.2, 0.25) is 0 Å². The first kappa shape index (κ1) is 13.7. The highest BCUT2D eigenvalue weighted by molar-refractivity contribution is 5.80. The molecule has 0 aliphatic heterocycles. The van der Waals surface area contributed by atoms with Gasteiger partial charge in [-0.1, -0.05) is 18.2 Å². The summed E-state index contributed by atoms with van der Waals surface area (Å²) in [7, 11) is 1.41. The Kier molecular flexibility index (Phi) is 3.64. The van der Waals surface area contributed by atoms with Gasteiger partial charge in [-0.2, -0.15) is 0 Å². The third-order valence-electron chi connectivity index (χ3n) is 3.81. The number of esters is 1. The summed E-state index contributed by atoms with van der Waals surface area (Å²) in [5.41, 5.74) is 2.87. The van der Waals surface area contributed by atoms with Crippen LogP contribution in [0.25, 0.3) is 0 Å². The Morgan fingerprint density at radius 2 is 2.19 bits per heavy atom. The van der Waals surface area contributed by atoms with Crippen LogP contribution in [0.4, 0.5) is 5.69 Å². The number of para-hydroxylation sites is 1. The van der Waals surface area contributed by atoms with Crippen LogP contribution in [0.5, 0.6) is 0 Å². The van der Waals surface area contributed by atoms with Gasteiger partial charge in [0.05, 0.1) is 25.3 Å². The van der Waals surface area contributed by atoms with Crippen LogP contribution in [-0.4, -0.2) is 22.6 Å². The summed E-state index contributed by atoms with van der Waals surface area (Å²) >= 11 is 0. The number of carbonyl (C=O) groups excluding carboxylic acids is 1. The van der Waals surface area contributed by atoms with Gasteiger partial charge in [0.25, 0.3) is 0 Å². The van der Waals surface area contributed by atoms with Crippen molar-refractivity contribution >= 4 is 11.7 Å². The highest BCUT2D eigenvalue weighted by Gasteiger charge is 2.31. The molecule has 0 amide bonds. The van der Waals surface area contributed by atoms with Gasteiger partial charge in [0.1, 0.15) is 0 Å². The zero-order valence-electron chi connectivity index (χ0n) is 12.2. The highest BCUT2D eigenvalue weighted by atomic mass is 16.5. The van der Waals surface area contributed by atoms with Gasteiger partial charge in [0.15, 0.2) is 6.04 Å². The van der Waals surface area contributed by atoms with E-state index in [-0.39, 0.29) is 5.97 Å². The Labute approximate surface area is 124 Å². The molecule has 1 fully saturated rings. The summed E-state index contributed by atoms with van der Waals surface area (Å²) < 4.78 is 7.04. The average molecular weight is 285 g/mol. The van der Waals surface area contributed by atoms with E-state index in [0.29, 0.717) is 6.04 Å². The van der Waals surface area contributed by atoms with Crippen molar-refractivity contribution in [3.8, 4) is 0 Å². The van der Waals surface area contributed by atoms with Crippen molar-refractivity contribution < 1.29 is 9.53 Å². The summed E-state index contributed by atoms with van der Waals surface area (Å²) in [4.78, 5) is 16.4. The number of rotatable bonds is 5. The van der Waals surface area contributed by atoms with Gasteiger partial charge in [-0.25, -0.2) is 9.78 Å². The molecule has 1 aromatic carbocycles. The smallest absolute Gasteiger partial charge is 0.334 e. The molecule has 1 atom stereocenters. The number of imidazole rings is 1. The fourth-order valence-corrected chi connectivity index (χ4v) is 2.46. The first-order valence-electron chi connectivity index (χ1n) is 7.12. The van der Waals surface area contributed by atoms with Crippen LogP contribution < -0.4 is 5.32 Å². The minimum absolute atomic E-state index is 0.305. The third-order valence-corrected chi connectivity index (χ3v) is 3.81. The lowest BCUT2D eigenvalue weighted by molar-refractivity contribution is -0.141. The van der Waals surface area contributed by atoms with Gasteiger partial charge in [-0.3, -0.25) is 0 Å². The number of benzene rings is 1. The number of nitrogens with one attached hydrogen (secondary N) is 1. The predicted octanol–water partition coefficient (Wildman–Crippen LogP) is 2.85. The van der Waals surface area contributed by atoms with Crippen LogP contribution in [0.2, 0.25) is 0 Å². The number of aryl methyl sites for hydroxylation is 1. The van der Waals surface area contributed by atoms with E-state index in [1.54, 1.807) is 12.5 Å². The minimum Gasteiger partial charge on any atom is -0.467 e. The van der Waals surface area contributed by atoms with Crippen LogP contribution in [0.3, 0.4) is 0 Å². The van der Waals surface area contributed by atoms with Gasteiger partial charge in [-0.15, -0.1) is 0 Å². The monoisotopic (exact) mass is 285 g/mol. The molecule has 110 valence electrons. The van der Waals surface area contributed by atoms with E-state index >= 15 is 0 Å². The number of nitrogens with zero attached hydrogens (tertiary/aromatic N) is 2. The molecule has 5 heteroatoms. The standard InChI is InChI=1S/C16H19N3O2/c1-11-5-3-4-6-13(11)18-15(16(20)21-2)14-9-17-10-19(14)12-7-8-12/h3-6,9-10,12,15,18H,7-8H2,1-2H3. The zero-order chi connectivity index (χ0) is 14.8. The second-order valence-electron chi connectivity index (χ2n) is 5.37. The lowest BCUT2D eigenvalue weighted by Crippen LogP contribution is -2.25. The molecule has 1 aliphatic rings. The van der Waals surface area contributed by atoms with Crippen LogP contribution in [0.1, 0.15) is 36.2 Å². The molecule has 1 aromatic heterocycles. The van der Waals surface area contributed by atoms with Crippen LogP contribution in [0.15, 0.2) is 36.8 Å². The molecule has 1 unspecified atom stereocenters. The molecule has 0 radical (unpaired) electrons. The Balaban J connectivity index is 1.93. The van der Waals surface area contributed by atoms with E-state index < -0.39 is 6.04 Å². The van der Waals surface area contributed by atoms with Crippen molar-refractivity contribution in [3.05, 3.63) is 48.0 Å². The zero-order valence-corrected chi connectivity index (χ0v) is 12.2. The fourth-order valence-electron chi connectivity index (χ4n) is 2.46. The van der Waals surface area contributed by atoms with Crippen molar-refractivity contribution in [2.75, 3.05) is 12.4 Å². The Hall–Kier alpha value is -2.30. The fraction of sp³-hybridized carbons (Fsp3) is 0.375. The van der Waals surface area contributed by atoms with Gasteiger partial charge >= 0.3 is 5.97 Å². The van der Waals surface area contributed by atoms with Crippen LogP contribution >= 0.6 is 0 Å². The number of hydrogen-bond acceptors (Lipinski definition) is 4. The van der Waals surface area contributed by atoms with Crippen molar-refractivity contribution in [2.24, 2.45) is 0 Å². The second-order valence-corrected chi connectivity index (χ2v) is 5.37. The van der Waals surface area contributed by atoms with Crippen molar-refractivity contribution in [1.82, 2.24) is 9.55 Å². The van der Waals surface area contributed by atoms with E-state index in [0.717, 1.165) is 29.8 Å². The maximum Gasteiger partial charge on any atom is 0.334 e. The molecule has 1 N–H and O–H groups in total. The van der Waals surface area contributed by atoms with Crippen molar-refractivity contribution in [1.29, 1.82) is 0 Å². The number of ether oxygens (including phenoxy) is 1. The van der Waals surface area contributed by atoms with Gasteiger partial charge < -0.3 is 14.6 Å². The topological polar surface area (TPSA) is 56.1 Å². The molecule has 1 heterocycles. The quantitative estimate of drug-likeness (QED) is 0.858. The molecule has 0 spiro atoms. The van der Waals surface area contributed by atoms with E-state index in [4.69, 9.17) is 4.74 Å². The summed E-state index contributed by atoms with van der Waals surface area (Å²) in [6.07, 6.45) is 5.82. The predicted molar refractivity (Wildman–Crippen MR) is 80.1 cm³/mol. The molecule has 0 saturated heterocycles. The maximum absolute atomic E-state index is 12.2. The first-order valence-corrected chi connectivity index (χ1v) is 7.12. The van der Waals surface area contributed by atoms with Crippen molar-refractivity contribution in [3.63, 3.8) is 0 Å².